The predicted octanol–water partition coefficient (Wildman–Crippen LogP) is 5.91. The molecule has 26 heavy (non-hydrogen) atoms. The highest BCUT2D eigenvalue weighted by atomic mass is 79.9. The van der Waals surface area contributed by atoms with E-state index in [2.05, 4.69) is 20.9 Å². The number of alkyl halides is 4. The van der Waals surface area contributed by atoms with Gasteiger partial charge >= 0.3 is 6.18 Å². The van der Waals surface area contributed by atoms with Crippen molar-refractivity contribution in [3.8, 4) is 11.5 Å². The Bertz CT molecular complexity index is 849. The number of halogens is 8. The monoisotopic (exact) mass is 460 g/mol. The van der Waals surface area contributed by atoms with Gasteiger partial charge in [0.25, 0.3) is 0 Å². The molecule has 0 saturated carbocycles. The molecule has 3 nitrogen and oxygen atoms in total. The number of benzene rings is 2. The lowest BCUT2D eigenvalue weighted by Gasteiger charge is -2.14. The Morgan fingerprint density at radius 2 is 1.65 bits per heavy atom. The largest absolute Gasteiger partial charge is 0.448 e. The van der Waals surface area contributed by atoms with E-state index in [0.717, 1.165) is 12.1 Å². The maximum absolute atomic E-state index is 14.0. The molecule has 0 heterocycles. The SMILES string of the molecule is NC(CCl)=Nc1ccc(F)c(Br)c1Oc1c(F)cc(C(F)(F)F)cc1F. The minimum atomic E-state index is -4.95. The summed E-state index contributed by atoms with van der Waals surface area (Å²) >= 11 is 8.31. The smallest absolute Gasteiger partial charge is 0.416 e. The summed E-state index contributed by atoms with van der Waals surface area (Å²) in [6, 6.07) is 2.18. The van der Waals surface area contributed by atoms with E-state index >= 15 is 0 Å². The highest BCUT2D eigenvalue weighted by Crippen LogP contribution is 2.42. The van der Waals surface area contributed by atoms with Gasteiger partial charge in [0.05, 0.1) is 15.9 Å². The van der Waals surface area contributed by atoms with Crippen molar-refractivity contribution in [3.05, 3.63) is 51.8 Å². The number of nitrogens with two attached hydrogens (primary N) is 1. The molecule has 11 heteroatoms. The quantitative estimate of drug-likeness (QED) is 0.267. The standard InChI is InChI=1S/C15H8BrClF6N2O/c16-12-7(18)1-2-10(25-11(24)5-17)14(12)26-13-8(19)3-6(4-9(13)20)15(21,22)23/h1-4H,5H2,(H2,24,25). The zero-order chi connectivity index (χ0) is 19.6. The fourth-order valence-electron chi connectivity index (χ4n) is 1.81. The van der Waals surface area contributed by atoms with Gasteiger partial charge < -0.3 is 10.5 Å². The van der Waals surface area contributed by atoms with E-state index in [1.54, 1.807) is 0 Å². The molecule has 2 aromatic carbocycles. The summed E-state index contributed by atoms with van der Waals surface area (Å²) in [4.78, 5) is 3.81. The van der Waals surface area contributed by atoms with Crippen molar-refractivity contribution in [2.24, 2.45) is 10.7 Å². The van der Waals surface area contributed by atoms with Gasteiger partial charge in [0, 0.05) is 0 Å². The molecule has 0 radical (unpaired) electrons. The van der Waals surface area contributed by atoms with Crippen molar-refractivity contribution < 1.29 is 31.1 Å². The Labute approximate surface area is 156 Å². The Hall–Kier alpha value is -1.94. The predicted molar refractivity (Wildman–Crippen MR) is 87.5 cm³/mol. The second-order valence-corrected chi connectivity index (χ2v) is 5.88. The number of ether oxygens (including phenoxy) is 1. The van der Waals surface area contributed by atoms with Crippen molar-refractivity contribution in [1.29, 1.82) is 0 Å². The first-order chi connectivity index (χ1) is 12.0. The van der Waals surface area contributed by atoms with E-state index in [1.165, 1.54) is 0 Å². The van der Waals surface area contributed by atoms with Gasteiger partial charge in [-0.1, -0.05) is 0 Å². The zero-order valence-electron chi connectivity index (χ0n) is 12.5. The molecule has 0 amide bonds. The van der Waals surface area contributed by atoms with Crippen molar-refractivity contribution in [3.63, 3.8) is 0 Å². The lowest BCUT2D eigenvalue weighted by atomic mass is 10.2. The zero-order valence-corrected chi connectivity index (χ0v) is 14.8. The molecular formula is C15H8BrClF6N2O. The molecule has 0 aliphatic carbocycles. The fourth-order valence-corrected chi connectivity index (χ4v) is 2.29. The highest BCUT2D eigenvalue weighted by molar-refractivity contribution is 9.10. The molecule has 140 valence electrons. The van der Waals surface area contributed by atoms with E-state index in [1.807, 2.05) is 0 Å². The first-order valence-corrected chi connectivity index (χ1v) is 7.98. The number of nitrogens with zero attached hydrogens (tertiary/aromatic N) is 1. The molecule has 0 unspecified atom stereocenters. The highest BCUT2D eigenvalue weighted by Gasteiger charge is 2.33. The van der Waals surface area contributed by atoms with E-state index in [4.69, 9.17) is 22.1 Å². The summed E-state index contributed by atoms with van der Waals surface area (Å²) in [7, 11) is 0. The average Bonchev–Trinajstić information content (AvgIpc) is 2.55. The lowest BCUT2D eigenvalue weighted by Crippen LogP contribution is -2.12. The maximum atomic E-state index is 14.0. The Balaban J connectivity index is 2.57. The van der Waals surface area contributed by atoms with Gasteiger partial charge in [-0.05, 0) is 40.2 Å². The molecule has 2 rings (SSSR count). The Kier molecular flexibility index (Phi) is 6.07. The first-order valence-electron chi connectivity index (χ1n) is 6.65. The van der Waals surface area contributed by atoms with Crippen LogP contribution < -0.4 is 10.5 Å². The third-order valence-corrected chi connectivity index (χ3v) is 3.97. The molecule has 0 bridgehead atoms. The van der Waals surface area contributed by atoms with Crippen LogP contribution in [0.3, 0.4) is 0 Å². The summed E-state index contributed by atoms with van der Waals surface area (Å²) in [5, 5.41) is 0. The Morgan fingerprint density at radius 3 is 2.15 bits per heavy atom. The Morgan fingerprint density at radius 1 is 1.08 bits per heavy atom. The maximum Gasteiger partial charge on any atom is 0.416 e. The van der Waals surface area contributed by atoms with Crippen LogP contribution in [0.25, 0.3) is 0 Å². The molecule has 0 aliphatic rings. The molecular weight excluding hydrogens is 454 g/mol. The van der Waals surface area contributed by atoms with Gasteiger partial charge in [-0.25, -0.2) is 18.2 Å². The van der Waals surface area contributed by atoms with Crippen LogP contribution in [0.1, 0.15) is 5.56 Å². The number of hydrogen-bond donors (Lipinski definition) is 1. The summed E-state index contributed by atoms with van der Waals surface area (Å²) in [6.45, 7) is 0. The number of rotatable bonds is 4. The van der Waals surface area contributed by atoms with Crippen molar-refractivity contribution in [1.82, 2.24) is 0 Å². The van der Waals surface area contributed by atoms with Crippen molar-refractivity contribution in [2.45, 2.75) is 6.18 Å². The first kappa shape index (κ1) is 20.4. The number of amidine groups is 1. The molecule has 0 aromatic heterocycles. The van der Waals surface area contributed by atoms with Gasteiger partial charge in [-0.3, -0.25) is 0 Å². The fraction of sp³-hybridized carbons (Fsp3) is 0.133. The van der Waals surface area contributed by atoms with Crippen molar-refractivity contribution >= 4 is 39.1 Å². The van der Waals surface area contributed by atoms with Crippen molar-refractivity contribution in [2.75, 3.05) is 5.88 Å². The third-order valence-electron chi connectivity index (χ3n) is 2.96. The normalized spacial score (nSPS) is 12.4. The van der Waals surface area contributed by atoms with Crippen LogP contribution in [-0.4, -0.2) is 11.7 Å². The van der Waals surface area contributed by atoms with E-state index in [0.29, 0.717) is 0 Å². The summed E-state index contributed by atoms with van der Waals surface area (Å²) in [6.07, 6.45) is -4.95. The van der Waals surface area contributed by atoms with Gasteiger partial charge in [-0.2, -0.15) is 13.2 Å². The van der Waals surface area contributed by atoms with Crippen LogP contribution >= 0.6 is 27.5 Å². The van der Waals surface area contributed by atoms with E-state index < -0.39 is 40.7 Å². The van der Waals surface area contributed by atoms with Gasteiger partial charge in [0.2, 0.25) is 0 Å². The second-order valence-electron chi connectivity index (χ2n) is 4.82. The molecule has 0 atom stereocenters. The van der Waals surface area contributed by atoms with E-state index in [9.17, 15) is 26.3 Å². The molecule has 0 fully saturated rings. The second kappa shape index (κ2) is 7.75. The van der Waals surface area contributed by atoms with Gasteiger partial charge in [-0.15, -0.1) is 11.6 Å². The minimum absolute atomic E-state index is 0.0572. The van der Waals surface area contributed by atoms with Crippen LogP contribution in [0, 0.1) is 17.5 Å². The summed E-state index contributed by atoms with van der Waals surface area (Å²) in [5.41, 5.74) is 3.78. The topological polar surface area (TPSA) is 47.6 Å². The molecule has 0 spiro atoms. The van der Waals surface area contributed by atoms with Crippen LogP contribution in [0.4, 0.5) is 32.0 Å². The van der Waals surface area contributed by atoms with Gasteiger partial charge in [0.15, 0.2) is 23.1 Å². The van der Waals surface area contributed by atoms with Crippen LogP contribution in [0.2, 0.25) is 0 Å². The van der Waals surface area contributed by atoms with Crippen LogP contribution in [0.15, 0.2) is 33.7 Å². The summed E-state index contributed by atoms with van der Waals surface area (Å²) in [5.74, 6) is -6.08. The molecule has 2 aromatic rings. The third kappa shape index (κ3) is 4.42. The molecule has 0 aliphatic heterocycles. The minimum Gasteiger partial charge on any atom is -0.448 e. The van der Waals surface area contributed by atoms with Crippen LogP contribution in [0.5, 0.6) is 11.5 Å². The van der Waals surface area contributed by atoms with E-state index in [-0.39, 0.29) is 34.0 Å². The lowest BCUT2D eigenvalue weighted by molar-refractivity contribution is -0.138. The summed E-state index contributed by atoms with van der Waals surface area (Å²) < 4.78 is 84.1. The molecule has 2 N–H and O–H groups in total. The van der Waals surface area contributed by atoms with Crippen LogP contribution in [-0.2, 0) is 6.18 Å². The number of hydrogen-bond acceptors (Lipinski definition) is 2. The number of aliphatic imine (C=N–C) groups is 1. The van der Waals surface area contributed by atoms with Gasteiger partial charge in [0.1, 0.15) is 17.3 Å². The molecule has 0 saturated heterocycles. The average molecular weight is 462 g/mol.